The number of rotatable bonds is 5. The van der Waals surface area contributed by atoms with Gasteiger partial charge in [0, 0.05) is 37.2 Å². The molecule has 1 aromatic heterocycles. The molecule has 0 spiro atoms. The number of anilines is 1. The predicted octanol–water partition coefficient (Wildman–Crippen LogP) is 2.33. The minimum absolute atomic E-state index is 0.0303. The quantitative estimate of drug-likeness (QED) is 0.771. The number of piperidine rings is 1. The van der Waals surface area contributed by atoms with Crippen LogP contribution in [-0.4, -0.2) is 41.3 Å². The molecule has 0 atom stereocenters. The lowest BCUT2D eigenvalue weighted by molar-refractivity contribution is -0.136. The lowest BCUT2D eigenvalue weighted by Crippen LogP contribution is -2.41. The SMILES string of the molecule is O=C(NCC1CCN(Cc2cccnc2)CC1)C(=O)Nc1ccc(F)c(F)c1. The number of hydrogen-bond donors (Lipinski definition) is 2. The van der Waals surface area contributed by atoms with Crippen LogP contribution in [0.5, 0.6) is 0 Å². The van der Waals surface area contributed by atoms with Gasteiger partial charge in [-0.3, -0.25) is 19.5 Å². The zero-order chi connectivity index (χ0) is 19.9. The average molecular weight is 388 g/mol. The summed E-state index contributed by atoms with van der Waals surface area (Å²) < 4.78 is 26.1. The Balaban J connectivity index is 1.39. The molecule has 28 heavy (non-hydrogen) atoms. The molecule has 6 nitrogen and oxygen atoms in total. The van der Waals surface area contributed by atoms with Crippen molar-refractivity contribution >= 4 is 17.5 Å². The molecular formula is C20H22F2N4O2. The maximum Gasteiger partial charge on any atom is 0.313 e. The minimum atomic E-state index is -1.09. The van der Waals surface area contributed by atoms with Gasteiger partial charge < -0.3 is 10.6 Å². The van der Waals surface area contributed by atoms with E-state index in [1.165, 1.54) is 11.6 Å². The van der Waals surface area contributed by atoms with Gasteiger partial charge in [0.1, 0.15) is 0 Å². The van der Waals surface area contributed by atoms with E-state index in [0.717, 1.165) is 44.6 Å². The summed E-state index contributed by atoms with van der Waals surface area (Å²) in [7, 11) is 0. The number of hydrogen-bond acceptors (Lipinski definition) is 4. The van der Waals surface area contributed by atoms with E-state index in [1.54, 1.807) is 6.20 Å². The number of nitrogens with one attached hydrogen (secondary N) is 2. The van der Waals surface area contributed by atoms with Gasteiger partial charge in [-0.15, -0.1) is 0 Å². The second kappa shape index (κ2) is 9.36. The Bertz CT molecular complexity index is 824. The Hall–Kier alpha value is -2.87. The van der Waals surface area contributed by atoms with E-state index in [-0.39, 0.29) is 5.69 Å². The van der Waals surface area contributed by atoms with Gasteiger partial charge in [0.05, 0.1) is 0 Å². The van der Waals surface area contributed by atoms with Gasteiger partial charge in [-0.05, 0) is 55.6 Å². The molecule has 1 aliphatic rings. The first-order valence-electron chi connectivity index (χ1n) is 9.17. The zero-order valence-electron chi connectivity index (χ0n) is 15.3. The fraction of sp³-hybridized carbons (Fsp3) is 0.350. The highest BCUT2D eigenvalue weighted by molar-refractivity contribution is 6.39. The molecule has 3 rings (SSSR count). The third-order valence-corrected chi connectivity index (χ3v) is 4.77. The Morgan fingerprint density at radius 1 is 1.11 bits per heavy atom. The molecule has 0 aliphatic carbocycles. The molecule has 2 heterocycles. The van der Waals surface area contributed by atoms with Crippen molar-refractivity contribution in [1.29, 1.82) is 0 Å². The number of nitrogens with zero attached hydrogens (tertiary/aromatic N) is 2. The smallest absolute Gasteiger partial charge is 0.313 e. The van der Waals surface area contributed by atoms with E-state index in [4.69, 9.17) is 0 Å². The molecule has 2 N–H and O–H groups in total. The lowest BCUT2D eigenvalue weighted by atomic mass is 9.96. The Kier molecular flexibility index (Phi) is 6.65. The van der Waals surface area contributed by atoms with Gasteiger partial charge in [0.25, 0.3) is 0 Å². The molecule has 0 saturated carbocycles. The van der Waals surface area contributed by atoms with Crippen molar-refractivity contribution in [1.82, 2.24) is 15.2 Å². The van der Waals surface area contributed by atoms with Crippen molar-refractivity contribution in [2.45, 2.75) is 19.4 Å². The Labute approximate surface area is 162 Å². The highest BCUT2D eigenvalue weighted by Crippen LogP contribution is 2.18. The van der Waals surface area contributed by atoms with Crippen molar-refractivity contribution in [2.24, 2.45) is 5.92 Å². The van der Waals surface area contributed by atoms with Crippen molar-refractivity contribution < 1.29 is 18.4 Å². The van der Waals surface area contributed by atoms with Gasteiger partial charge in [0.15, 0.2) is 11.6 Å². The summed E-state index contributed by atoms with van der Waals surface area (Å²) in [5.41, 5.74) is 1.20. The molecule has 1 saturated heterocycles. The second-order valence-corrected chi connectivity index (χ2v) is 6.87. The number of benzene rings is 1. The summed E-state index contributed by atoms with van der Waals surface area (Å²) in [5, 5.41) is 4.88. The summed E-state index contributed by atoms with van der Waals surface area (Å²) in [6.45, 7) is 3.08. The van der Waals surface area contributed by atoms with E-state index in [2.05, 4.69) is 20.5 Å². The van der Waals surface area contributed by atoms with E-state index in [9.17, 15) is 18.4 Å². The van der Waals surface area contributed by atoms with Crippen molar-refractivity contribution in [3.8, 4) is 0 Å². The lowest BCUT2D eigenvalue weighted by Gasteiger charge is -2.31. The second-order valence-electron chi connectivity index (χ2n) is 6.87. The molecule has 1 aliphatic heterocycles. The Morgan fingerprint density at radius 3 is 2.57 bits per heavy atom. The molecule has 148 valence electrons. The first-order chi connectivity index (χ1) is 13.5. The highest BCUT2D eigenvalue weighted by Gasteiger charge is 2.21. The minimum Gasteiger partial charge on any atom is -0.348 e. The third-order valence-electron chi connectivity index (χ3n) is 4.77. The standard InChI is InChI=1S/C20H22F2N4O2/c21-17-4-3-16(10-18(17)22)25-20(28)19(27)24-12-14-5-8-26(9-6-14)13-15-2-1-7-23-11-15/h1-4,7,10-11,14H,5-6,8-9,12-13H2,(H,24,27)(H,25,28). The van der Waals surface area contributed by atoms with E-state index < -0.39 is 23.4 Å². The van der Waals surface area contributed by atoms with Crippen LogP contribution in [0.15, 0.2) is 42.7 Å². The van der Waals surface area contributed by atoms with E-state index >= 15 is 0 Å². The predicted molar refractivity (Wildman–Crippen MR) is 100 cm³/mol. The average Bonchev–Trinajstić information content (AvgIpc) is 2.71. The van der Waals surface area contributed by atoms with Crippen LogP contribution in [0.1, 0.15) is 18.4 Å². The fourth-order valence-corrected chi connectivity index (χ4v) is 3.18. The molecule has 8 heteroatoms. The summed E-state index contributed by atoms with van der Waals surface area (Å²) in [6, 6.07) is 6.89. The summed E-state index contributed by atoms with van der Waals surface area (Å²) >= 11 is 0. The zero-order valence-corrected chi connectivity index (χ0v) is 15.3. The monoisotopic (exact) mass is 388 g/mol. The van der Waals surface area contributed by atoms with Gasteiger partial charge in [-0.1, -0.05) is 6.07 Å². The van der Waals surface area contributed by atoms with Gasteiger partial charge in [0.2, 0.25) is 0 Å². The van der Waals surface area contributed by atoms with E-state index in [0.29, 0.717) is 12.5 Å². The first kappa shape index (κ1) is 19.9. The number of aromatic nitrogens is 1. The van der Waals surface area contributed by atoms with Crippen molar-refractivity contribution in [3.63, 3.8) is 0 Å². The number of pyridine rings is 1. The maximum atomic E-state index is 13.2. The van der Waals surface area contributed by atoms with Gasteiger partial charge >= 0.3 is 11.8 Å². The topological polar surface area (TPSA) is 74.3 Å². The molecule has 2 amide bonds. The normalized spacial score (nSPS) is 15.2. The number of halogens is 2. The first-order valence-corrected chi connectivity index (χ1v) is 9.17. The number of likely N-dealkylation sites (tertiary alicyclic amines) is 1. The van der Waals surface area contributed by atoms with Crippen LogP contribution in [0, 0.1) is 17.6 Å². The van der Waals surface area contributed by atoms with Crippen molar-refractivity contribution in [2.75, 3.05) is 25.0 Å². The maximum absolute atomic E-state index is 13.2. The molecule has 1 fully saturated rings. The van der Waals surface area contributed by atoms with Crippen LogP contribution in [0.3, 0.4) is 0 Å². The number of carbonyl (C=O) groups is 2. The van der Waals surface area contributed by atoms with Crippen LogP contribution in [0.25, 0.3) is 0 Å². The van der Waals surface area contributed by atoms with Crippen LogP contribution in [0.2, 0.25) is 0 Å². The molecular weight excluding hydrogens is 366 g/mol. The molecule has 0 unspecified atom stereocenters. The van der Waals surface area contributed by atoms with Crippen LogP contribution in [-0.2, 0) is 16.1 Å². The summed E-state index contributed by atoms with van der Waals surface area (Å²) in [5.74, 6) is -3.50. The molecule has 1 aromatic carbocycles. The number of amides is 2. The van der Waals surface area contributed by atoms with E-state index in [1.807, 2.05) is 18.3 Å². The molecule has 2 aromatic rings. The van der Waals surface area contributed by atoms with Crippen LogP contribution < -0.4 is 10.6 Å². The van der Waals surface area contributed by atoms with Crippen molar-refractivity contribution in [3.05, 3.63) is 59.9 Å². The fourth-order valence-electron chi connectivity index (χ4n) is 3.18. The summed E-state index contributed by atoms with van der Waals surface area (Å²) in [6.07, 6.45) is 5.45. The Morgan fingerprint density at radius 2 is 1.89 bits per heavy atom. The third kappa shape index (κ3) is 5.56. The van der Waals surface area contributed by atoms with Gasteiger partial charge in [-0.25, -0.2) is 8.78 Å². The van der Waals surface area contributed by atoms with Crippen LogP contribution >= 0.6 is 0 Å². The largest absolute Gasteiger partial charge is 0.348 e. The number of carbonyl (C=O) groups excluding carboxylic acids is 2. The molecule has 0 radical (unpaired) electrons. The molecule has 0 bridgehead atoms. The highest BCUT2D eigenvalue weighted by atomic mass is 19.2. The summed E-state index contributed by atoms with van der Waals surface area (Å²) in [4.78, 5) is 30.3. The van der Waals surface area contributed by atoms with Crippen LogP contribution in [0.4, 0.5) is 14.5 Å². The van der Waals surface area contributed by atoms with Gasteiger partial charge in [-0.2, -0.15) is 0 Å².